The second-order valence-corrected chi connectivity index (χ2v) is 3.32. The van der Waals surface area contributed by atoms with E-state index in [0.717, 1.165) is 19.4 Å². The van der Waals surface area contributed by atoms with Gasteiger partial charge in [0.1, 0.15) is 0 Å². The van der Waals surface area contributed by atoms with Gasteiger partial charge in [0.15, 0.2) is 0 Å². The minimum atomic E-state index is 0.288. The fourth-order valence-corrected chi connectivity index (χ4v) is 1.56. The van der Waals surface area contributed by atoms with E-state index in [1.807, 2.05) is 6.07 Å². The lowest BCUT2D eigenvalue weighted by atomic mass is 10.1. The minimum absolute atomic E-state index is 0.288. The van der Waals surface area contributed by atoms with Gasteiger partial charge in [-0.05, 0) is 12.0 Å². The molecular weight excluding hydrogens is 160 g/mol. The van der Waals surface area contributed by atoms with E-state index in [2.05, 4.69) is 36.4 Å². The maximum Gasteiger partial charge on any atom is 0.0796 e. The Morgan fingerprint density at radius 2 is 2.08 bits per heavy atom. The fraction of sp³-hybridized carbons (Fsp3) is 0.333. The number of hydrogen-bond acceptors (Lipinski definition) is 1. The molecule has 1 aromatic rings. The molecule has 1 atom stereocenters. The first-order valence-corrected chi connectivity index (χ1v) is 4.77. The highest BCUT2D eigenvalue weighted by molar-refractivity contribution is 5.17. The molecule has 0 N–H and O–H groups in total. The Morgan fingerprint density at radius 3 is 2.77 bits per heavy atom. The Morgan fingerprint density at radius 1 is 1.23 bits per heavy atom. The van der Waals surface area contributed by atoms with Crippen LogP contribution >= 0.6 is 0 Å². The molecule has 0 bridgehead atoms. The molecule has 1 heterocycles. The molecule has 0 spiro atoms. The summed E-state index contributed by atoms with van der Waals surface area (Å²) in [5.41, 5.74) is 1.35. The Balaban J connectivity index is 1.98. The monoisotopic (exact) mass is 174 g/mol. The predicted octanol–water partition coefficient (Wildman–Crippen LogP) is 2.57. The van der Waals surface area contributed by atoms with Crippen LogP contribution in [-0.4, -0.2) is 12.7 Å². The van der Waals surface area contributed by atoms with Gasteiger partial charge in [0.2, 0.25) is 0 Å². The summed E-state index contributed by atoms with van der Waals surface area (Å²) in [4.78, 5) is 0. The van der Waals surface area contributed by atoms with Crippen molar-refractivity contribution in [3.63, 3.8) is 0 Å². The molecule has 0 saturated carbocycles. The lowest BCUT2D eigenvalue weighted by Gasteiger charge is -2.17. The van der Waals surface area contributed by atoms with Crippen LogP contribution in [0.4, 0.5) is 0 Å². The summed E-state index contributed by atoms with van der Waals surface area (Å²) in [5.74, 6) is 0. The second kappa shape index (κ2) is 4.24. The molecule has 13 heavy (non-hydrogen) atoms. The van der Waals surface area contributed by atoms with Gasteiger partial charge >= 0.3 is 0 Å². The molecule has 0 fully saturated rings. The topological polar surface area (TPSA) is 9.23 Å². The van der Waals surface area contributed by atoms with Crippen molar-refractivity contribution in [1.29, 1.82) is 0 Å². The van der Waals surface area contributed by atoms with Gasteiger partial charge < -0.3 is 4.74 Å². The second-order valence-electron chi connectivity index (χ2n) is 3.32. The van der Waals surface area contributed by atoms with Crippen LogP contribution in [0.1, 0.15) is 12.0 Å². The average molecular weight is 174 g/mol. The third-order valence-electron chi connectivity index (χ3n) is 2.25. The maximum absolute atomic E-state index is 5.60. The van der Waals surface area contributed by atoms with Crippen LogP contribution in [0.15, 0.2) is 42.5 Å². The van der Waals surface area contributed by atoms with E-state index in [0.29, 0.717) is 0 Å². The summed E-state index contributed by atoms with van der Waals surface area (Å²) in [5, 5.41) is 0. The lowest BCUT2D eigenvalue weighted by molar-refractivity contribution is 0.0804. The van der Waals surface area contributed by atoms with Crippen LogP contribution in [-0.2, 0) is 11.2 Å². The SMILES string of the molecule is C1=CC(Cc2ccccc2)OCC1. The number of hydrogen-bond donors (Lipinski definition) is 0. The van der Waals surface area contributed by atoms with Crippen molar-refractivity contribution in [1.82, 2.24) is 0 Å². The third kappa shape index (κ3) is 2.43. The van der Waals surface area contributed by atoms with Crippen molar-refractivity contribution >= 4 is 0 Å². The fourth-order valence-electron chi connectivity index (χ4n) is 1.56. The highest BCUT2D eigenvalue weighted by atomic mass is 16.5. The molecule has 1 aliphatic rings. The molecule has 1 unspecified atom stereocenters. The summed E-state index contributed by atoms with van der Waals surface area (Å²) < 4.78 is 5.60. The zero-order valence-corrected chi connectivity index (χ0v) is 7.65. The summed E-state index contributed by atoms with van der Waals surface area (Å²) in [6.07, 6.45) is 6.71. The lowest BCUT2D eigenvalue weighted by Crippen LogP contribution is -2.16. The van der Waals surface area contributed by atoms with Crippen LogP contribution in [0.2, 0.25) is 0 Å². The molecule has 68 valence electrons. The predicted molar refractivity (Wildman–Crippen MR) is 53.6 cm³/mol. The normalized spacial score (nSPS) is 21.7. The van der Waals surface area contributed by atoms with Crippen LogP contribution in [0.3, 0.4) is 0 Å². The number of ether oxygens (including phenoxy) is 1. The molecule has 0 aromatic heterocycles. The van der Waals surface area contributed by atoms with Crippen molar-refractivity contribution in [2.24, 2.45) is 0 Å². The van der Waals surface area contributed by atoms with Crippen molar-refractivity contribution in [3.8, 4) is 0 Å². The molecule has 1 nitrogen and oxygen atoms in total. The van der Waals surface area contributed by atoms with E-state index in [4.69, 9.17) is 4.74 Å². The number of benzene rings is 1. The molecule has 0 saturated heterocycles. The quantitative estimate of drug-likeness (QED) is 0.626. The zero-order valence-electron chi connectivity index (χ0n) is 7.65. The first-order valence-electron chi connectivity index (χ1n) is 4.77. The van der Waals surface area contributed by atoms with E-state index in [1.165, 1.54) is 5.56 Å². The van der Waals surface area contributed by atoms with Crippen LogP contribution in [0.5, 0.6) is 0 Å². The summed E-state index contributed by atoms with van der Waals surface area (Å²) in [6.45, 7) is 0.869. The smallest absolute Gasteiger partial charge is 0.0796 e. The van der Waals surface area contributed by atoms with Crippen LogP contribution in [0, 0.1) is 0 Å². The first-order chi connectivity index (χ1) is 6.45. The third-order valence-corrected chi connectivity index (χ3v) is 2.25. The molecule has 0 radical (unpaired) electrons. The molecular formula is C12H14O. The average Bonchev–Trinajstić information content (AvgIpc) is 2.21. The Kier molecular flexibility index (Phi) is 2.78. The van der Waals surface area contributed by atoms with E-state index in [9.17, 15) is 0 Å². The van der Waals surface area contributed by atoms with Crippen molar-refractivity contribution in [2.75, 3.05) is 6.61 Å². The van der Waals surface area contributed by atoms with E-state index in [1.54, 1.807) is 0 Å². The van der Waals surface area contributed by atoms with Gasteiger partial charge in [0, 0.05) is 6.42 Å². The largest absolute Gasteiger partial charge is 0.373 e. The Bertz CT molecular complexity index is 276. The highest BCUT2D eigenvalue weighted by Gasteiger charge is 2.08. The Labute approximate surface area is 79.0 Å². The molecule has 2 rings (SSSR count). The standard InChI is InChI=1S/C12H14O/c1-2-6-11(7-3-1)10-12-8-4-5-9-13-12/h1-4,6-8,12H,5,9-10H2. The molecule has 1 heteroatoms. The number of rotatable bonds is 2. The summed E-state index contributed by atoms with van der Waals surface area (Å²) >= 11 is 0. The molecule has 0 amide bonds. The van der Waals surface area contributed by atoms with Gasteiger partial charge in [0.25, 0.3) is 0 Å². The summed E-state index contributed by atoms with van der Waals surface area (Å²) in [7, 11) is 0. The van der Waals surface area contributed by atoms with Gasteiger partial charge in [-0.3, -0.25) is 0 Å². The van der Waals surface area contributed by atoms with Crippen LogP contribution in [0.25, 0.3) is 0 Å². The zero-order chi connectivity index (χ0) is 8.93. The van der Waals surface area contributed by atoms with Crippen molar-refractivity contribution < 1.29 is 4.74 Å². The van der Waals surface area contributed by atoms with Gasteiger partial charge in [-0.2, -0.15) is 0 Å². The van der Waals surface area contributed by atoms with Gasteiger partial charge in [-0.1, -0.05) is 42.5 Å². The van der Waals surface area contributed by atoms with Gasteiger partial charge in [-0.25, -0.2) is 0 Å². The minimum Gasteiger partial charge on any atom is -0.373 e. The van der Waals surface area contributed by atoms with Crippen molar-refractivity contribution in [3.05, 3.63) is 48.0 Å². The van der Waals surface area contributed by atoms with Gasteiger partial charge in [0.05, 0.1) is 12.7 Å². The highest BCUT2D eigenvalue weighted by Crippen LogP contribution is 2.10. The van der Waals surface area contributed by atoms with Crippen molar-refractivity contribution in [2.45, 2.75) is 18.9 Å². The van der Waals surface area contributed by atoms with Gasteiger partial charge in [-0.15, -0.1) is 0 Å². The van der Waals surface area contributed by atoms with E-state index in [-0.39, 0.29) is 6.10 Å². The van der Waals surface area contributed by atoms with E-state index >= 15 is 0 Å². The molecule has 1 aromatic carbocycles. The maximum atomic E-state index is 5.60. The van der Waals surface area contributed by atoms with E-state index < -0.39 is 0 Å². The first kappa shape index (κ1) is 8.52. The molecule has 0 aliphatic carbocycles. The molecule has 1 aliphatic heterocycles. The van der Waals surface area contributed by atoms with Crippen LogP contribution < -0.4 is 0 Å². The summed E-state index contributed by atoms with van der Waals surface area (Å²) in [6, 6.07) is 10.5. The Hall–Kier alpha value is -1.08.